The van der Waals surface area contributed by atoms with E-state index >= 15 is 0 Å². The minimum Gasteiger partial charge on any atom is -0.490 e. The molecule has 224 valence electrons. The molecular weight excluding hydrogens is 540 g/mol. The third-order valence-corrected chi connectivity index (χ3v) is 10.2. The molecule has 8 rings (SSSR count). The van der Waals surface area contributed by atoms with Gasteiger partial charge in [0.05, 0.1) is 12.1 Å². The molecule has 0 amide bonds. The Balaban J connectivity index is 1.28. The number of benzene rings is 4. The molecular formula is C40H42N2O2. The number of nitrogens with zero attached hydrogens (tertiary/aromatic N) is 2. The van der Waals surface area contributed by atoms with Gasteiger partial charge >= 0.3 is 0 Å². The van der Waals surface area contributed by atoms with Gasteiger partial charge in [0.25, 0.3) is 0 Å². The summed E-state index contributed by atoms with van der Waals surface area (Å²) in [5, 5.41) is 1.32. The fraction of sp³-hybridized carbons (Fsp3) is 0.350. The van der Waals surface area contributed by atoms with Crippen LogP contribution in [0, 0.1) is 0 Å². The van der Waals surface area contributed by atoms with Gasteiger partial charge in [-0.25, -0.2) is 0 Å². The van der Waals surface area contributed by atoms with Crippen molar-refractivity contribution in [3.05, 3.63) is 125 Å². The van der Waals surface area contributed by atoms with Crippen LogP contribution in [0.2, 0.25) is 0 Å². The lowest BCUT2D eigenvalue weighted by Crippen LogP contribution is -2.26. The lowest BCUT2D eigenvalue weighted by molar-refractivity contribution is 0.155. The van der Waals surface area contributed by atoms with E-state index in [1.807, 2.05) is 0 Å². The predicted molar refractivity (Wildman–Crippen MR) is 178 cm³/mol. The van der Waals surface area contributed by atoms with Crippen LogP contribution in [0.5, 0.6) is 17.2 Å². The van der Waals surface area contributed by atoms with Crippen LogP contribution in [0.4, 0.5) is 0 Å². The second-order valence-corrected chi connectivity index (χ2v) is 13.1. The Bertz CT molecular complexity index is 1770. The first-order chi connectivity index (χ1) is 21.7. The highest BCUT2D eigenvalue weighted by Gasteiger charge is 2.33. The summed E-state index contributed by atoms with van der Waals surface area (Å²) in [6.45, 7) is 1.18. The number of fused-ring (bicyclic) bond motifs is 3. The zero-order valence-corrected chi connectivity index (χ0v) is 25.8. The lowest BCUT2D eigenvalue weighted by atomic mass is 9.88. The molecule has 3 heterocycles. The molecule has 4 aromatic carbocycles. The summed E-state index contributed by atoms with van der Waals surface area (Å²) in [7, 11) is 2.29. The van der Waals surface area contributed by atoms with Crippen LogP contribution in [-0.2, 0) is 12.8 Å². The molecule has 3 aliphatic rings. The second-order valence-electron chi connectivity index (χ2n) is 13.1. The molecule has 1 aromatic heterocycles. The van der Waals surface area contributed by atoms with Gasteiger partial charge in [-0.3, -0.25) is 0 Å². The second kappa shape index (κ2) is 11.8. The maximum Gasteiger partial charge on any atom is 0.133 e. The van der Waals surface area contributed by atoms with Crippen molar-refractivity contribution in [2.45, 2.75) is 76.0 Å². The van der Waals surface area contributed by atoms with Gasteiger partial charge in [-0.15, -0.1) is 0 Å². The van der Waals surface area contributed by atoms with E-state index in [0.29, 0.717) is 12.1 Å². The molecule has 1 aliphatic carbocycles. The fourth-order valence-corrected chi connectivity index (χ4v) is 7.94. The quantitative estimate of drug-likeness (QED) is 0.188. The van der Waals surface area contributed by atoms with Crippen LogP contribution < -0.4 is 9.47 Å². The molecule has 1 saturated carbocycles. The molecule has 44 heavy (non-hydrogen) atoms. The summed E-state index contributed by atoms with van der Waals surface area (Å²) < 4.78 is 15.8. The first-order valence-electron chi connectivity index (χ1n) is 16.6. The van der Waals surface area contributed by atoms with Gasteiger partial charge in [0.1, 0.15) is 17.2 Å². The number of para-hydroxylation sites is 1. The smallest absolute Gasteiger partial charge is 0.133 e. The van der Waals surface area contributed by atoms with E-state index in [9.17, 15) is 0 Å². The van der Waals surface area contributed by atoms with Crippen LogP contribution in [0.1, 0.15) is 78.8 Å². The Kier molecular flexibility index (Phi) is 7.39. The fourth-order valence-electron chi connectivity index (χ4n) is 7.94. The predicted octanol–water partition coefficient (Wildman–Crippen LogP) is 9.32. The molecule has 2 aliphatic heterocycles. The van der Waals surface area contributed by atoms with Crippen LogP contribution in [-0.4, -0.2) is 35.2 Å². The summed E-state index contributed by atoms with van der Waals surface area (Å²) in [5.41, 5.74) is 7.77. The van der Waals surface area contributed by atoms with E-state index in [0.717, 1.165) is 30.1 Å². The van der Waals surface area contributed by atoms with Crippen LogP contribution in [0.25, 0.3) is 10.9 Å². The Hall–Kier alpha value is -4.02. The SMILES string of the molecule is CN1CCCC1Cc1cn([C@H]2c3ccccc3Oc3cccc(Cc4ccccc4)c32)c2ccc(OC3CCCCC3)cc12. The molecule has 1 saturated heterocycles. The molecule has 5 aromatic rings. The summed E-state index contributed by atoms with van der Waals surface area (Å²) in [5.74, 6) is 2.91. The number of hydrogen-bond donors (Lipinski definition) is 0. The average molecular weight is 583 g/mol. The maximum absolute atomic E-state index is 6.62. The van der Waals surface area contributed by atoms with E-state index in [1.165, 1.54) is 90.2 Å². The zero-order valence-electron chi connectivity index (χ0n) is 25.8. The molecule has 2 atom stereocenters. The Morgan fingerprint density at radius 2 is 1.59 bits per heavy atom. The van der Waals surface area contributed by atoms with E-state index < -0.39 is 0 Å². The first kappa shape index (κ1) is 27.5. The van der Waals surface area contributed by atoms with E-state index in [2.05, 4.69) is 114 Å². The van der Waals surface area contributed by atoms with Crippen LogP contribution in [0.15, 0.2) is 97.2 Å². The van der Waals surface area contributed by atoms with Gasteiger partial charge in [0.15, 0.2) is 0 Å². The van der Waals surface area contributed by atoms with E-state index in [-0.39, 0.29) is 6.04 Å². The normalized spacial score (nSPS) is 20.3. The lowest BCUT2D eigenvalue weighted by Gasteiger charge is -2.32. The van der Waals surface area contributed by atoms with E-state index in [1.54, 1.807) is 0 Å². The Morgan fingerprint density at radius 3 is 2.43 bits per heavy atom. The Morgan fingerprint density at radius 1 is 0.773 bits per heavy atom. The van der Waals surface area contributed by atoms with Gasteiger partial charge in [-0.2, -0.15) is 0 Å². The highest BCUT2D eigenvalue weighted by atomic mass is 16.5. The monoisotopic (exact) mass is 582 g/mol. The van der Waals surface area contributed by atoms with Crippen molar-refractivity contribution >= 4 is 10.9 Å². The van der Waals surface area contributed by atoms with Gasteiger partial charge in [0.2, 0.25) is 0 Å². The molecule has 4 heteroatoms. The zero-order chi connectivity index (χ0) is 29.5. The summed E-state index contributed by atoms with van der Waals surface area (Å²) >= 11 is 0. The first-order valence-corrected chi connectivity index (χ1v) is 16.6. The van der Waals surface area contributed by atoms with E-state index in [4.69, 9.17) is 9.47 Å². The molecule has 1 unspecified atom stereocenters. The molecule has 0 spiro atoms. The van der Waals surface area contributed by atoms with Crippen molar-refractivity contribution < 1.29 is 9.47 Å². The summed E-state index contributed by atoms with van der Waals surface area (Å²) in [4.78, 5) is 2.54. The highest BCUT2D eigenvalue weighted by Crippen LogP contribution is 2.48. The number of aromatic nitrogens is 1. The molecule has 0 radical (unpaired) electrons. The van der Waals surface area contributed by atoms with Crippen molar-refractivity contribution in [2.75, 3.05) is 13.6 Å². The number of likely N-dealkylation sites (tertiary alicyclic amines) is 1. The summed E-state index contributed by atoms with van der Waals surface area (Å²) in [6, 6.07) is 33.4. The van der Waals surface area contributed by atoms with Crippen LogP contribution in [0.3, 0.4) is 0 Å². The minimum atomic E-state index is 0.0116. The number of likely N-dealkylation sites (N-methyl/N-ethyl adjacent to an activating group) is 1. The maximum atomic E-state index is 6.62. The minimum absolute atomic E-state index is 0.0116. The molecule has 0 bridgehead atoms. The van der Waals surface area contributed by atoms with Gasteiger partial charge in [-0.1, -0.05) is 67.1 Å². The number of rotatable bonds is 7. The molecule has 2 fully saturated rings. The van der Waals surface area contributed by atoms with Gasteiger partial charge in [0, 0.05) is 34.3 Å². The van der Waals surface area contributed by atoms with Crippen molar-refractivity contribution in [2.24, 2.45) is 0 Å². The number of hydrogen-bond acceptors (Lipinski definition) is 3. The number of ether oxygens (including phenoxy) is 2. The summed E-state index contributed by atoms with van der Waals surface area (Å²) in [6.07, 6.45) is 13.5. The van der Waals surface area contributed by atoms with Gasteiger partial charge in [-0.05, 0) is 112 Å². The molecule has 4 nitrogen and oxygen atoms in total. The third-order valence-electron chi connectivity index (χ3n) is 10.2. The van der Waals surface area contributed by atoms with Crippen molar-refractivity contribution in [3.8, 4) is 17.2 Å². The van der Waals surface area contributed by atoms with Crippen molar-refractivity contribution in [3.63, 3.8) is 0 Å². The molecule has 0 N–H and O–H groups in total. The average Bonchev–Trinajstić information content (AvgIpc) is 3.63. The van der Waals surface area contributed by atoms with Crippen LogP contribution >= 0.6 is 0 Å². The largest absolute Gasteiger partial charge is 0.490 e. The van der Waals surface area contributed by atoms with Crippen molar-refractivity contribution in [1.82, 2.24) is 9.47 Å². The van der Waals surface area contributed by atoms with Gasteiger partial charge < -0.3 is 18.9 Å². The topological polar surface area (TPSA) is 26.6 Å². The highest BCUT2D eigenvalue weighted by molar-refractivity contribution is 5.86. The standard InChI is InChI=1S/C40H42N2O2/c1-41-23-11-15-31(41)25-30-27-42(36-22-21-33(26-35(30)36)43-32-16-6-3-7-17-32)40-34-18-8-9-19-37(34)44-38-20-10-14-29(39(38)40)24-28-12-4-2-5-13-28/h2,4-5,8-10,12-14,18-22,26-27,31-32,40H,3,6-7,11,15-17,23-25H2,1H3/t31?,40-/m0/s1. The van der Waals surface area contributed by atoms with Crippen molar-refractivity contribution in [1.29, 1.82) is 0 Å². The third kappa shape index (κ3) is 5.20. The Labute approximate surface area is 261 Å².